The van der Waals surface area contributed by atoms with Gasteiger partial charge >= 0.3 is 0 Å². The Morgan fingerprint density at radius 1 is 1.04 bits per heavy atom. The minimum Gasteiger partial charge on any atom is -0.293 e. The molecule has 0 radical (unpaired) electrons. The summed E-state index contributed by atoms with van der Waals surface area (Å²) < 4.78 is 0. The second-order valence-electron chi connectivity index (χ2n) is 6.04. The number of nitrogens with zero attached hydrogens (tertiary/aromatic N) is 1. The molecule has 3 rings (SSSR count). The standard InChI is InChI=1S/C21H24N2OS/c1-2-9-20(18-12-7-4-8-13-18)24-23-19(21-22-14-15-25-21)16-17-10-5-3-6-11-17/h3-8,10-15,19-20,23H,2,9,16H2,1H3/t19-,20-/m1/s1. The van der Waals surface area contributed by atoms with E-state index in [0.717, 1.165) is 24.3 Å². The van der Waals surface area contributed by atoms with E-state index in [1.807, 2.05) is 23.7 Å². The van der Waals surface area contributed by atoms with E-state index in [0.29, 0.717) is 0 Å². The molecule has 3 nitrogen and oxygen atoms in total. The molecule has 4 heteroatoms. The third-order valence-corrected chi connectivity index (χ3v) is 5.00. The van der Waals surface area contributed by atoms with Gasteiger partial charge in [0.2, 0.25) is 0 Å². The Kier molecular flexibility index (Phi) is 6.74. The average Bonchev–Trinajstić information content (AvgIpc) is 3.20. The number of thiazole rings is 1. The molecule has 1 heterocycles. The van der Waals surface area contributed by atoms with Crippen molar-refractivity contribution in [3.63, 3.8) is 0 Å². The molecule has 0 spiro atoms. The number of hydrogen-bond acceptors (Lipinski definition) is 4. The normalized spacial score (nSPS) is 13.5. The first-order valence-electron chi connectivity index (χ1n) is 8.76. The summed E-state index contributed by atoms with van der Waals surface area (Å²) in [6, 6.07) is 20.9. The summed E-state index contributed by atoms with van der Waals surface area (Å²) in [5.74, 6) is 0. The van der Waals surface area contributed by atoms with E-state index in [1.54, 1.807) is 11.3 Å². The molecule has 0 aliphatic rings. The predicted molar refractivity (Wildman–Crippen MR) is 103 cm³/mol. The lowest BCUT2D eigenvalue weighted by atomic mass is 10.1. The number of hydrogen-bond donors (Lipinski definition) is 1. The van der Waals surface area contributed by atoms with Gasteiger partial charge in [0, 0.05) is 11.6 Å². The zero-order valence-corrected chi connectivity index (χ0v) is 15.3. The lowest BCUT2D eigenvalue weighted by Crippen LogP contribution is -2.26. The van der Waals surface area contributed by atoms with E-state index < -0.39 is 0 Å². The molecule has 0 aliphatic heterocycles. The van der Waals surface area contributed by atoms with Gasteiger partial charge in [0.05, 0.1) is 6.04 Å². The lowest BCUT2D eigenvalue weighted by molar-refractivity contribution is -0.0507. The van der Waals surface area contributed by atoms with Crippen molar-refractivity contribution in [2.45, 2.75) is 38.3 Å². The van der Waals surface area contributed by atoms with Crippen LogP contribution in [-0.2, 0) is 11.3 Å². The maximum absolute atomic E-state index is 6.14. The summed E-state index contributed by atoms with van der Waals surface area (Å²) >= 11 is 1.66. The second kappa shape index (κ2) is 9.47. The van der Waals surface area contributed by atoms with Crippen LogP contribution in [0, 0.1) is 0 Å². The Labute approximate surface area is 153 Å². The predicted octanol–water partition coefficient (Wildman–Crippen LogP) is 5.49. The second-order valence-corrected chi connectivity index (χ2v) is 6.96. The zero-order chi connectivity index (χ0) is 17.3. The van der Waals surface area contributed by atoms with Crippen LogP contribution in [0.15, 0.2) is 72.2 Å². The van der Waals surface area contributed by atoms with Gasteiger partial charge in [-0.15, -0.1) is 11.3 Å². The van der Waals surface area contributed by atoms with Crippen LogP contribution >= 0.6 is 11.3 Å². The van der Waals surface area contributed by atoms with Crippen LogP contribution in [0.3, 0.4) is 0 Å². The highest BCUT2D eigenvalue weighted by molar-refractivity contribution is 7.09. The van der Waals surface area contributed by atoms with Crippen molar-refractivity contribution >= 4 is 11.3 Å². The van der Waals surface area contributed by atoms with Crippen molar-refractivity contribution in [1.29, 1.82) is 0 Å². The monoisotopic (exact) mass is 352 g/mol. The highest BCUT2D eigenvalue weighted by Crippen LogP contribution is 2.25. The van der Waals surface area contributed by atoms with Gasteiger partial charge in [0.15, 0.2) is 0 Å². The zero-order valence-electron chi connectivity index (χ0n) is 14.5. The fourth-order valence-corrected chi connectivity index (χ4v) is 3.50. The van der Waals surface area contributed by atoms with E-state index in [1.165, 1.54) is 11.1 Å². The molecule has 0 bridgehead atoms. The van der Waals surface area contributed by atoms with Gasteiger partial charge in [-0.05, 0) is 24.0 Å². The fourth-order valence-electron chi connectivity index (χ4n) is 2.82. The number of rotatable bonds is 9. The molecule has 1 aromatic heterocycles. The maximum Gasteiger partial charge on any atom is 0.112 e. The van der Waals surface area contributed by atoms with Gasteiger partial charge in [-0.25, -0.2) is 4.98 Å². The summed E-state index contributed by atoms with van der Waals surface area (Å²) in [4.78, 5) is 10.6. The Hall–Kier alpha value is -2.01. The molecule has 2 atom stereocenters. The van der Waals surface area contributed by atoms with Crippen LogP contribution in [0.5, 0.6) is 0 Å². The molecule has 0 fully saturated rings. The van der Waals surface area contributed by atoms with E-state index in [4.69, 9.17) is 4.84 Å². The minimum absolute atomic E-state index is 0.0458. The number of nitrogens with one attached hydrogen (secondary N) is 1. The highest BCUT2D eigenvalue weighted by atomic mass is 32.1. The van der Waals surface area contributed by atoms with Crippen LogP contribution in [0.1, 0.15) is 48.0 Å². The van der Waals surface area contributed by atoms with Crippen LogP contribution in [0.2, 0.25) is 0 Å². The summed E-state index contributed by atoms with van der Waals surface area (Å²) in [6.45, 7) is 2.18. The maximum atomic E-state index is 6.14. The Balaban J connectivity index is 1.71. The highest BCUT2D eigenvalue weighted by Gasteiger charge is 2.18. The Bertz CT molecular complexity index is 716. The van der Waals surface area contributed by atoms with Crippen LogP contribution in [-0.4, -0.2) is 4.98 Å². The largest absolute Gasteiger partial charge is 0.293 e. The third kappa shape index (κ3) is 5.23. The number of benzene rings is 2. The number of aromatic nitrogens is 1. The van der Waals surface area contributed by atoms with Gasteiger partial charge in [-0.1, -0.05) is 74.0 Å². The lowest BCUT2D eigenvalue weighted by Gasteiger charge is -2.22. The summed E-state index contributed by atoms with van der Waals surface area (Å²) in [6.07, 6.45) is 4.79. The molecule has 1 N–H and O–H groups in total. The molecule has 0 aliphatic carbocycles. The van der Waals surface area contributed by atoms with E-state index in [2.05, 4.69) is 65.9 Å². The van der Waals surface area contributed by atoms with Crippen molar-refractivity contribution in [1.82, 2.24) is 10.5 Å². The smallest absolute Gasteiger partial charge is 0.112 e. The van der Waals surface area contributed by atoms with Crippen molar-refractivity contribution < 1.29 is 4.84 Å². The van der Waals surface area contributed by atoms with Gasteiger partial charge in [-0.2, -0.15) is 5.48 Å². The van der Waals surface area contributed by atoms with E-state index in [-0.39, 0.29) is 12.1 Å². The van der Waals surface area contributed by atoms with Gasteiger partial charge < -0.3 is 0 Å². The van der Waals surface area contributed by atoms with E-state index in [9.17, 15) is 0 Å². The number of hydroxylamine groups is 1. The molecular weight excluding hydrogens is 328 g/mol. The minimum atomic E-state index is 0.0458. The fraction of sp³-hybridized carbons (Fsp3) is 0.286. The summed E-state index contributed by atoms with van der Waals surface area (Å²) in [5, 5.41) is 3.06. The average molecular weight is 353 g/mol. The molecule has 25 heavy (non-hydrogen) atoms. The Morgan fingerprint density at radius 3 is 2.40 bits per heavy atom. The quantitative estimate of drug-likeness (QED) is 0.517. The van der Waals surface area contributed by atoms with Crippen molar-refractivity contribution in [3.05, 3.63) is 88.4 Å². The van der Waals surface area contributed by atoms with Crippen LogP contribution < -0.4 is 5.48 Å². The van der Waals surface area contributed by atoms with Crippen LogP contribution in [0.25, 0.3) is 0 Å². The van der Waals surface area contributed by atoms with Crippen molar-refractivity contribution in [2.75, 3.05) is 0 Å². The van der Waals surface area contributed by atoms with Gasteiger partial charge in [-0.3, -0.25) is 4.84 Å². The SMILES string of the molecule is CCC[C@@H](ON[C@H](Cc1ccccc1)c1nccs1)c1ccccc1. The van der Waals surface area contributed by atoms with Crippen molar-refractivity contribution in [3.8, 4) is 0 Å². The van der Waals surface area contributed by atoms with Gasteiger partial charge in [0.1, 0.15) is 11.1 Å². The molecule has 0 saturated carbocycles. The molecule has 130 valence electrons. The van der Waals surface area contributed by atoms with E-state index >= 15 is 0 Å². The first-order chi connectivity index (χ1) is 12.4. The molecule has 3 aromatic rings. The molecular formula is C21H24N2OS. The third-order valence-electron chi connectivity index (χ3n) is 4.11. The Morgan fingerprint density at radius 2 is 1.76 bits per heavy atom. The van der Waals surface area contributed by atoms with Gasteiger partial charge in [0.25, 0.3) is 0 Å². The molecule has 0 saturated heterocycles. The molecule has 2 aromatic carbocycles. The first kappa shape index (κ1) is 17.8. The van der Waals surface area contributed by atoms with Crippen molar-refractivity contribution in [2.24, 2.45) is 0 Å². The molecule has 0 unspecified atom stereocenters. The molecule has 0 amide bonds. The topological polar surface area (TPSA) is 34.1 Å². The summed E-state index contributed by atoms with van der Waals surface area (Å²) in [5.41, 5.74) is 5.77. The first-order valence-corrected chi connectivity index (χ1v) is 9.64. The summed E-state index contributed by atoms with van der Waals surface area (Å²) in [7, 11) is 0. The van der Waals surface area contributed by atoms with Crippen LogP contribution in [0.4, 0.5) is 0 Å².